The van der Waals surface area contributed by atoms with Gasteiger partial charge in [-0.25, -0.2) is 0 Å². The quantitative estimate of drug-likeness (QED) is 0.561. The molecule has 0 N–H and O–H groups in total. The van der Waals surface area contributed by atoms with Crippen molar-refractivity contribution in [3.8, 4) is 0 Å². The molecule has 1 aromatic carbocycles. The molecule has 1 rings (SSSR count). The van der Waals surface area contributed by atoms with Gasteiger partial charge in [0.2, 0.25) is 0 Å². The first-order chi connectivity index (χ1) is 5.36. The maximum Gasteiger partial charge on any atom is 0.108 e. The minimum absolute atomic E-state index is 0.489. The van der Waals surface area contributed by atoms with Gasteiger partial charge in [-0.3, -0.25) is 0 Å². The molecule has 0 atom stereocenters. The highest BCUT2D eigenvalue weighted by molar-refractivity contribution is 9.09. The molecule has 58 valence electrons. The van der Waals surface area contributed by atoms with Gasteiger partial charge in [0.25, 0.3) is 0 Å². The average Bonchev–Trinajstić information content (AvgIpc) is 2.07. The van der Waals surface area contributed by atoms with Gasteiger partial charge in [-0.1, -0.05) is 28.1 Å². The summed E-state index contributed by atoms with van der Waals surface area (Å²) in [7, 11) is 0. The van der Waals surface area contributed by atoms with Crippen molar-refractivity contribution in [2.24, 2.45) is 5.18 Å². The number of hydrogen-bond acceptors (Lipinski definition) is 2. The van der Waals surface area contributed by atoms with Crippen LogP contribution in [0.3, 0.4) is 0 Å². The monoisotopic (exact) mass is 213 g/mol. The summed E-state index contributed by atoms with van der Waals surface area (Å²) in [6.45, 7) is 0. The van der Waals surface area contributed by atoms with Crippen LogP contribution < -0.4 is 0 Å². The van der Waals surface area contributed by atoms with Crippen molar-refractivity contribution in [2.45, 2.75) is 6.42 Å². The highest BCUT2D eigenvalue weighted by atomic mass is 79.9. The van der Waals surface area contributed by atoms with Crippen molar-refractivity contribution >= 4 is 21.6 Å². The second-order valence-electron chi connectivity index (χ2n) is 2.20. The molecule has 0 heterocycles. The van der Waals surface area contributed by atoms with E-state index in [-0.39, 0.29) is 0 Å². The van der Waals surface area contributed by atoms with Crippen LogP contribution in [0.1, 0.15) is 5.56 Å². The maximum atomic E-state index is 10.0. The van der Waals surface area contributed by atoms with Crippen LogP contribution in [0.4, 0.5) is 5.69 Å². The molecule has 0 aliphatic rings. The molecular weight excluding hydrogens is 206 g/mol. The van der Waals surface area contributed by atoms with Gasteiger partial charge in [-0.2, -0.15) is 0 Å². The summed E-state index contributed by atoms with van der Waals surface area (Å²) in [6.07, 6.45) is 0.985. The van der Waals surface area contributed by atoms with Gasteiger partial charge in [0, 0.05) is 5.33 Å². The van der Waals surface area contributed by atoms with Crippen molar-refractivity contribution in [3.05, 3.63) is 34.7 Å². The lowest BCUT2D eigenvalue weighted by Crippen LogP contribution is -1.82. The number of rotatable bonds is 3. The third-order valence-corrected chi connectivity index (χ3v) is 1.82. The Kier molecular flexibility index (Phi) is 3.23. The number of hydrogen-bond donors (Lipinski definition) is 0. The Hall–Kier alpha value is -0.700. The lowest BCUT2D eigenvalue weighted by molar-refractivity contribution is 1.17. The van der Waals surface area contributed by atoms with Crippen LogP contribution in [0.15, 0.2) is 29.4 Å². The summed E-state index contributed by atoms with van der Waals surface area (Å²) >= 11 is 3.34. The van der Waals surface area contributed by atoms with E-state index in [1.165, 1.54) is 5.56 Å². The molecule has 0 aliphatic heterocycles. The van der Waals surface area contributed by atoms with Gasteiger partial charge in [0.1, 0.15) is 5.69 Å². The predicted octanol–water partition coefficient (Wildman–Crippen LogP) is 3.02. The molecule has 1 aromatic rings. The first-order valence-electron chi connectivity index (χ1n) is 3.35. The zero-order valence-corrected chi connectivity index (χ0v) is 7.54. The summed E-state index contributed by atoms with van der Waals surface area (Å²) < 4.78 is 0. The summed E-state index contributed by atoms with van der Waals surface area (Å²) in [6, 6.07) is 7.28. The summed E-state index contributed by atoms with van der Waals surface area (Å²) in [5, 5.41) is 3.76. The molecule has 0 radical (unpaired) electrons. The van der Waals surface area contributed by atoms with Crippen LogP contribution >= 0.6 is 15.9 Å². The van der Waals surface area contributed by atoms with Crippen molar-refractivity contribution in [1.29, 1.82) is 0 Å². The van der Waals surface area contributed by atoms with Crippen LogP contribution in [-0.2, 0) is 6.42 Å². The van der Waals surface area contributed by atoms with Gasteiger partial charge in [-0.15, -0.1) is 4.91 Å². The fraction of sp³-hybridized carbons (Fsp3) is 0.250. The number of nitrogens with zero attached hydrogens (tertiary/aromatic N) is 1. The number of alkyl halides is 1. The van der Waals surface area contributed by atoms with E-state index in [1.807, 2.05) is 12.1 Å². The Bertz CT molecular complexity index is 232. The lowest BCUT2D eigenvalue weighted by atomic mass is 10.2. The molecule has 0 aromatic heterocycles. The van der Waals surface area contributed by atoms with Crippen molar-refractivity contribution in [2.75, 3.05) is 5.33 Å². The minimum Gasteiger partial charge on any atom is -0.145 e. The van der Waals surface area contributed by atoms with Gasteiger partial charge in [0.15, 0.2) is 0 Å². The van der Waals surface area contributed by atoms with Gasteiger partial charge in [-0.05, 0) is 29.3 Å². The summed E-state index contributed by atoms with van der Waals surface area (Å²) in [5.41, 5.74) is 1.71. The van der Waals surface area contributed by atoms with E-state index in [0.717, 1.165) is 11.8 Å². The largest absolute Gasteiger partial charge is 0.145 e. The van der Waals surface area contributed by atoms with E-state index in [2.05, 4.69) is 21.1 Å². The fourth-order valence-electron chi connectivity index (χ4n) is 0.833. The standard InChI is InChI=1S/C8H8BrNO/c9-6-5-7-1-3-8(10-11)4-2-7/h1-4H,5-6H2. The maximum absolute atomic E-state index is 10.0. The SMILES string of the molecule is O=Nc1ccc(CCBr)cc1. The molecule has 3 heteroatoms. The molecule has 11 heavy (non-hydrogen) atoms. The Morgan fingerprint density at radius 1 is 1.27 bits per heavy atom. The van der Waals surface area contributed by atoms with E-state index < -0.39 is 0 Å². The van der Waals surface area contributed by atoms with Crippen molar-refractivity contribution < 1.29 is 0 Å². The van der Waals surface area contributed by atoms with Crippen molar-refractivity contribution in [1.82, 2.24) is 0 Å². The summed E-state index contributed by atoms with van der Waals surface area (Å²) in [5.74, 6) is 0. The summed E-state index contributed by atoms with van der Waals surface area (Å²) in [4.78, 5) is 10.0. The normalized spacial score (nSPS) is 9.55. The average molecular weight is 214 g/mol. The first-order valence-corrected chi connectivity index (χ1v) is 4.47. The molecule has 0 bridgehead atoms. The zero-order chi connectivity index (χ0) is 8.10. The molecule has 0 saturated heterocycles. The molecule has 0 unspecified atom stereocenters. The fourth-order valence-corrected chi connectivity index (χ4v) is 1.29. The number of nitroso groups, excluding NO2 is 1. The number of halogens is 1. The highest BCUT2D eigenvalue weighted by Gasteiger charge is 1.92. The van der Waals surface area contributed by atoms with E-state index in [1.54, 1.807) is 12.1 Å². The number of aryl methyl sites for hydroxylation is 1. The smallest absolute Gasteiger partial charge is 0.108 e. The molecule has 0 aliphatic carbocycles. The Balaban J connectivity index is 2.74. The van der Waals surface area contributed by atoms with Crippen LogP contribution in [0.2, 0.25) is 0 Å². The van der Waals surface area contributed by atoms with Gasteiger partial charge in [0.05, 0.1) is 0 Å². The Labute approximate surface area is 73.7 Å². The van der Waals surface area contributed by atoms with Crippen LogP contribution in [0.25, 0.3) is 0 Å². The minimum atomic E-state index is 0.489. The van der Waals surface area contributed by atoms with E-state index in [0.29, 0.717) is 5.69 Å². The van der Waals surface area contributed by atoms with E-state index >= 15 is 0 Å². The van der Waals surface area contributed by atoms with E-state index in [9.17, 15) is 4.91 Å². The van der Waals surface area contributed by atoms with Crippen LogP contribution in [-0.4, -0.2) is 5.33 Å². The lowest BCUT2D eigenvalue weighted by Gasteiger charge is -1.95. The van der Waals surface area contributed by atoms with Gasteiger partial charge < -0.3 is 0 Å². The molecule has 0 fully saturated rings. The second kappa shape index (κ2) is 4.23. The predicted molar refractivity (Wildman–Crippen MR) is 49.4 cm³/mol. The Morgan fingerprint density at radius 2 is 1.91 bits per heavy atom. The van der Waals surface area contributed by atoms with E-state index in [4.69, 9.17) is 0 Å². The highest BCUT2D eigenvalue weighted by Crippen LogP contribution is 2.12. The molecular formula is C8H8BrNO. The molecule has 0 spiro atoms. The molecule has 2 nitrogen and oxygen atoms in total. The molecule has 0 saturated carbocycles. The second-order valence-corrected chi connectivity index (χ2v) is 2.99. The Morgan fingerprint density at radius 3 is 2.36 bits per heavy atom. The van der Waals surface area contributed by atoms with Crippen molar-refractivity contribution in [3.63, 3.8) is 0 Å². The third kappa shape index (κ3) is 2.42. The first kappa shape index (κ1) is 8.40. The topological polar surface area (TPSA) is 29.4 Å². The van der Waals surface area contributed by atoms with Crippen LogP contribution in [0.5, 0.6) is 0 Å². The van der Waals surface area contributed by atoms with Crippen LogP contribution in [0, 0.1) is 4.91 Å². The third-order valence-electron chi connectivity index (χ3n) is 1.42. The zero-order valence-electron chi connectivity index (χ0n) is 5.96. The molecule has 0 amide bonds. The number of benzene rings is 1. The van der Waals surface area contributed by atoms with Gasteiger partial charge >= 0.3 is 0 Å².